The lowest BCUT2D eigenvalue weighted by molar-refractivity contribution is -0.142. The Morgan fingerprint density at radius 2 is 1.85 bits per heavy atom. The minimum absolute atomic E-state index is 0.0918. The Kier molecular flexibility index (Phi) is 7.68. The number of H-pyrrole nitrogens is 1. The van der Waals surface area contributed by atoms with Gasteiger partial charge in [-0.15, -0.1) is 0 Å². The summed E-state index contributed by atoms with van der Waals surface area (Å²) in [6.45, 7) is 1.28. The van der Waals surface area contributed by atoms with E-state index < -0.39 is 54.3 Å². The molecule has 12 heteroatoms. The highest BCUT2D eigenvalue weighted by Gasteiger charge is 2.30. The van der Waals surface area contributed by atoms with Gasteiger partial charge in [-0.3, -0.25) is 14.4 Å². The van der Waals surface area contributed by atoms with E-state index >= 15 is 0 Å². The van der Waals surface area contributed by atoms with Crippen LogP contribution >= 0.6 is 0 Å². The van der Waals surface area contributed by atoms with Gasteiger partial charge in [0.25, 0.3) is 0 Å². The van der Waals surface area contributed by atoms with Crippen molar-refractivity contribution in [1.29, 1.82) is 0 Å². The van der Waals surface area contributed by atoms with Crippen molar-refractivity contribution in [1.82, 2.24) is 20.6 Å². The van der Waals surface area contributed by atoms with E-state index in [0.29, 0.717) is 5.69 Å². The van der Waals surface area contributed by atoms with E-state index in [-0.39, 0.29) is 6.42 Å². The molecule has 0 aliphatic rings. The second-order valence-corrected chi connectivity index (χ2v) is 5.68. The number of hydrogen-bond acceptors (Lipinski definition) is 7. The van der Waals surface area contributed by atoms with E-state index in [2.05, 4.69) is 20.6 Å². The van der Waals surface area contributed by atoms with Crippen LogP contribution in [0.4, 0.5) is 0 Å². The Morgan fingerprint density at radius 3 is 2.31 bits per heavy atom. The van der Waals surface area contributed by atoms with Crippen LogP contribution in [0.25, 0.3) is 0 Å². The fraction of sp³-hybridized carbons (Fsp3) is 0.500. The van der Waals surface area contributed by atoms with Crippen LogP contribution in [0.1, 0.15) is 19.0 Å². The Balaban J connectivity index is 2.84. The molecule has 1 heterocycles. The zero-order chi connectivity index (χ0) is 19.9. The number of carboxylic acid groups (broad SMARTS) is 1. The number of aliphatic hydroxyl groups excluding tert-OH is 1. The summed E-state index contributed by atoms with van der Waals surface area (Å²) in [6.07, 6.45) is 0.890. The molecule has 0 saturated carbocycles. The van der Waals surface area contributed by atoms with Crippen LogP contribution in [-0.4, -0.2) is 68.1 Å². The van der Waals surface area contributed by atoms with Gasteiger partial charge >= 0.3 is 5.97 Å². The first kappa shape index (κ1) is 21.1. The highest BCUT2D eigenvalue weighted by Crippen LogP contribution is 2.02. The Labute approximate surface area is 148 Å². The van der Waals surface area contributed by atoms with Gasteiger partial charge in [0, 0.05) is 18.3 Å². The number of hydrogen-bond donors (Lipinski definition) is 7. The van der Waals surface area contributed by atoms with Crippen LogP contribution < -0.4 is 22.1 Å². The zero-order valence-corrected chi connectivity index (χ0v) is 14.0. The summed E-state index contributed by atoms with van der Waals surface area (Å²) < 4.78 is 0. The average molecular weight is 370 g/mol. The number of nitrogens with two attached hydrogens (primary N) is 2. The summed E-state index contributed by atoms with van der Waals surface area (Å²) in [5, 5.41) is 23.0. The van der Waals surface area contributed by atoms with E-state index in [4.69, 9.17) is 11.5 Å². The maximum atomic E-state index is 12.3. The van der Waals surface area contributed by atoms with Crippen LogP contribution in [0.3, 0.4) is 0 Å². The van der Waals surface area contributed by atoms with Crippen molar-refractivity contribution in [2.24, 2.45) is 11.5 Å². The molecule has 144 valence electrons. The molecule has 26 heavy (non-hydrogen) atoms. The maximum absolute atomic E-state index is 12.3. The second-order valence-electron chi connectivity index (χ2n) is 5.68. The first-order valence-electron chi connectivity index (χ1n) is 7.64. The standard InChI is InChI=1S/C14H22N6O6/c1-6(21)11(16)13(24)19-8(3-10(15)22)12(23)20-9(14(25)26)2-7-4-17-5-18-7/h4-6,8-9,11,21H,2-3,16H2,1H3,(H2,15,22)(H,17,18)(H,19,24)(H,20,23)(H,25,26). The second kappa shape index (κ2) is 9.48. The minimum Gasteiger partial charge on any atom is -0.480 e. The number of imidazole rings is 1. The van der Waals surface area contributed by atoms with E-state index in [1.54, 1.807) is 0 Å². The summed E-state index contributed by atoms with van der Waals surface area (Å²) in [5.41, 5.74) is 11.0. The van der Waals surface area contributed by atoms with Gasteiger partial charge < -0.3 is 37.3 Å². The van der Waals surface area contributed by atoms with Gasteiger partial charge in [-0.25, -0.2) is 9.78 Å². The summed E-state index contributed by atoms with van der Waals surface area (Å²) in [6, 6.07) is -4.10. The first-order chi connectivity index (χ1) is 12.1. The third-order valence-electron chi connectivity index (χ3n) is 3.45. The van der Waals surface area contributed by atoms with Crippen molar-refractivity contribution in [3.8, 4) is 0 Å². The van der Waals surface area contributed by atoms with E-state index in [9.17, 15) is 29.4 Å². The molecule has 9 N–H and O–H groups in total. The first-order valence-corrected chi connectivity index (χ1v) is 7.64. The van der Waals surface area contributed by atoms with Crippen LogP contribution in [-0.2, 0) is 25.6 Å². The van der Waals surface area contributed by atoms with Gasteiger partial charge in [0.05, 0.1) is 18.9 Å². The summed E-state index contributed by atoms with van der Waals surface area (Å²) in [7, 11) is 0. The van der Waals surface area contributed by atoms with Crippen molar-refractivity contribution in [2.75, 3.05) is 0 Å². The van der Waals surface area contributed by atoms with Crippen molar-refractivity contribution in [2.45, 2.75) is 44.0 Å². The SMILES string of the molecule is CC(O)C(N)C(=O)NC(CC(N)=O)C(=O)NC(Cc1cnc[nH]1)C(=O)O. The van der Waals surface area contributed by atoms with Crippen molar-refractivity contribution >= 4 is 23.7 Å². The van der Waals surface area contributed by atoms with Gasteiger partial charge in [-0.2, -0.15) is 0 Å². The number of nitrogens with zero attached hydrogens (tertiary/aromatic N) is 1. The molecule has 0 radical (unpaired) electrons. The number of amides is 3. The van der Waals surface area contributed by atoms with Gasteiger partial charge in [-0.1, -0.05) is 0 Å². The molecule has 0 saturated heterocycles. The minimum atomic E-state index is -1.44. The summed E-state index contributed by atoms with van der Waals surface area (Å²) >= 11 is 0. The third-order valence-corrected chi connectivity index (χ3v) is 3.45. The third kappa shape index (κ3) is 6.49. The fourth-order valence-electron chi connectivity index (χ4n) is 1.99. The van der Waals surface area contributed by atoms with E-state index in [1.165, 1.54) is 19.4 Å². The molecular formula is C14H22N6O6. The van der Waals surface area contributed by atoms with Gasteiger partial charge in [0.1, 0.15) is 18.1 Å². The molecule has 0 spiro atoms. The molecule has 0 aromatic carbocycles. The number of aromatic amines is 1. The van der Waals surface area contributed by atoms with Crippen molar-refractivity contribution < 1.29 is 29.4 Å². The van der Waals surface area contributed by atoms with Crippen LogP contribution in [0.15, 0.2) is 12.5 Å². The van der Waals surface area contributed by atoms with E-state index in [1.807, 2.05) is 0 Å². The topological polar surface area (TPSA) is 214 Å². The maximum Gasteiger partial charge on any atom is 0.326 e. The van der Waals surface area contributed by atoms with Crippen LogP contribution in [0.5, 0.6) is 0 Å². The monoisotopic (exact) mass is 370 g/mol. The summed E-state index contributed by atoms with van der Waals surface area (Å²) in [4.78, 5) is 53.2. The molecule has 0 bridgehead atoms. The van der Waals surface area contributed by atoms with E-state index in [0.717, 1.165) is 0 Å². The predicted octanol–water partition coefficient (Wildman–Crippen LogP) is -3.41. The number of aliphatic carboxylic acids is 1. The van der Waals surface area contributed by atoms with Crippen LogP contribution in [0.2, 0.25) is 0 Å². The number of carbonyl (C=O) groups is 4. The number of aliphatic hydroxyl groups is 1. The molecule has 0 aliphatic heterocycles. The number of primary amides is 1. The highest BCUT2D eigenvalue weighted by atomic mass is 16.4. The Morgan fingerprint density at radius 1 is 1.23 bits per heavy atom. The number of rotatable bonds is 10. The largest absolute Gasteiger partial charge is 0.480 e. The van der Waals surface area contributed by atoms with Gasteiger partial charge in [0.2, 0.25) is 17.7 Å². The van der Waals surface area contributed by atoms with Crippen molar-refractivity contribution in [3.05, 3.63) is 18.2 Å². The lowest BCUT2D eigenvalue weighted by atomic mass is 10.1. The number of carboxylic acids is 1. The Bertz CT molecular complexity index is 646. The van der Waals surface area contributed by atoms with Crippen molar-refractivity contribution in [3.63, 3.8) is 0 Å². The molecular weight excluding hydrogens is 348 g/mol. The molecule has 0 aliphatic carbocycles. The average Bonchev–Trinajstić information content (AvgIpc) is 3.04. The molecule has 4 atom stereocenters. The Hall–Kier alpha value is -2.99. The normalized spacial score (nSPS) is 15.3. The number of aromatic nitrogens is 2. The molecule has 1 aromatic heterocycles. The quantitative estimate of drug-likeness (QED) is 0.220. The highest BCUT2D eigenvalue weighted by molar-refractivity contribution is 5.94. The number of carbonyl (C=O) groups excluding carboxylic acids is 3. The predicted molar refractivity (Wildman–Crippen MR) is 87.3 cm³/mol. The van der Waals surface area contributed by atoms with Crippen LogP contribution in [0, 0.1) is 0 Å². The lowest BCUT2D eigenvalue weighted by Gasteiger charge is -2.22. The fourth-order valence-corrected chi connectivity index (χ4v) is 1.99. The molecule has 1 rings (SSSR count). The number of nitrogens with one attached hydrogen (secondary N) is 3. The smallest absolute Gasteiger partial charge is 0.326 e. The molecule has 4 unspecified atom stereocenters. The molecule has 3 amide bonds. The molecule has 12 nitrogen and oxygen atoms in total. The molecule has 0 fully saturated rings. The van der Waals surface area contributed by atoms with Gasteiger partial charge in [-0.05, 0) is 6.92 Å². The molecule has 1 aromatic rings. The lowest BCUT2D eigenvalue weighted by Crippen LogP contribution is -2.57. The zero-order valence-electron chi connectivity index (χ0n) is 14.0. The summed E-state index contributed by atoms with van der Waals surface area (Å²) in [5.74, 6) is -4.03. The van der Waals surface area contributed by atoms with Gasteiger partial charge in [0.15, 0.2) is 0 Å².